The van der Waals surface area contributed by atoms with E-state index in [9.17, 15) is 13.2 Å². The Kier molecular flexibility index (Phi) is 7.04. The average molecular weight is 429 g/mol. The summed E-state index contributed by atoms with van der Waals surface area (Å²) in [4.78, 5) is 12.6. The van der Waals surface area contributed by atoms with Gasteiger partial charge < -0.3 is 5.32 Å². The molecular weight excluding hydrogens is 408 g/mol. The molecule has 0 heterocycles. The number of hydrogen-bond acceptors (Lipinski definition) is 3. The monoisotopic (exact) mass is 428 g/mol. The van der Waals surface area contributed by atoms with Gasteiger partial charge in [0.05, 0.1) is 10.9 Å². The molecule has 0 aliphatic heterocycles. The third kappa shape index (κ3) is 5.90. The van der Waals surface area contributed by atoms with Crippen LogP contribution in [-0.2, 0) is 14.8 Å². The number of rotatable bonds is 8. The molecule has 0 saturated carbocycles. The van der Waals surface area contributed by atoms with E-state index < -0.39 is 10.0 Å². The number of carbonyl (C=O) groups excluding carboxylic acids is 1. The molecule has 0 aliphatic rings. The predicted octanol–water partition coefficient (Wildman–Crippen LogP) is 3.91. The molecule has 0 aliphatic carbocycles. The van der Waals surface area contributed by atoms with E-state index in [1.54, 1.807) is 12.1 Å². The quantitative estimate of drug-likeness (QED) is 0.571. The van der Waals surface area contributed by atoms with E-state index in [4.69, 9.17) is 11.6 Å². The molecule has 0 bridgehead atoms. The molecule has 0 fully saturated rings. The Bertz CT molecular complexity index is 1020. The average Bonchev–Trinajstić information content (AvgIpc) is 2.73. The summed E-state index contributed by atoms with van der Waals surface area (Å²) in [5.41, 5.74) is 1.90. The third-order valence-corrected chi connectivity index (χ3v) is 6.02. The number of nitrogens with one attached hydrogen (secondary N) is 2. The first-order chi connectivity index (χ1) is 14.0. The van der Waals surface area contributed by atoms with Crippen molar-refractivity contribution in [2.24, 2.45) is 0 Å². The maximum absolute atomic E-state index is 12.5. The van der Waals surface area contributed by atoms with Crippen molar-refractivity contribution in [3.05, 3.63) is 101 Å². The van der Waals surface area contributed by atoms with Crippen molar-refractivity contribution in [1.82, 2.24) is 10.0 Å². The van der Waals surface area contributed by atoms with E-state index in [0.717, 1.165) is 11.1 Å². The van der Waals surface area contributed by atoms with Crippen molar-refractivity contribution in [1.29, 1.82) is 0 Å². The number of halogens is 1. The SMILES string of the molecule is O=C(CCNS(=O)(=O)c1cccc(Cl)c1)NC(c1ccccc1)c1ccccc1. The maximum atomic E-state index is 12.5. The second-order valence-corrected chi connectivity index (χ2v) is 8.63. The highest BCUT2D eigenvalue weighted by Crippen LogP contribution is 2.22. The van der Waals surface area contributed by atoms with Gasteiger partial charge in [0.2, 0.25) is 15.9 Å². The minimum Gasteiger partial charge on any atom is -0.345 e. The van der Waals surface area contributed by atoms with Gasteiger partial charge >= 0.3 is 0 Å². The molecular formula is C22H21ClN2O3S. The summed E-state index contributed by atoms with van der Waals surface area (Å²) < 4.78 is 27.1. The molecule has 2 N–H and O–H groups in total. The third-order valence-electron chi connectivity index (χ3n) is 4.32. The lowest BCUT2D eigenvalue weighted by molar-refractivity contribution is -0.121. The van der Waals surface area contributed by atoms with Gasteiger partial charge in [-0.2, -0.15) is 0 Å². The van der Waals surface area contributed by atoms with Crippen molar-refractivity contribution >= 4 is 27.5 Å². The van der Waals surface area contributed by atoms with Crippen LogP contribution in [0.4, 0.5) is 0 Å². The highest BCUT2D eigenvalue weighted by Gasteiger charge is 2.18. The fraction of sp³-hybridized carbons (Fsp3) is 0.136. The maximum Gasteiger partial charge on any atom is 0.240 e. The number of carbonyl (C=O) groups is 1. The smallest absolute Gasteiger partial charge is 0.240 e. The Labute approximate surface area is 175 Å². The summed E-state index contributed by atoms with van der Waals surface area (Å²) in [6.45, 7) is -0.0169. The highest BCUT2D eigenvalue weighted by molar-refractivity contribution is 7.89. The predicted molar refractivity (Wildman–Crippen MR) is 114 cm³/mol. The molecule has 29 heavy (non-hydrogen) atoms. The zero-order valence-corrected chi connectivity index (χ0v) is 17.2. The van der Waals surface area contributed by atoms with E-state index in [1.807, 2.05) is 60.7 Å². The van der Waals surface area contributed by atoms with Gasteiger partial charge in [0.25, 0.3) is 0 Å². The van der Waals surface area contributed by atoms with Crippen molar-refractivity contribution < 1.29 is 13.2 Å². The number of hydrogen-bond donors (Lipinski definition) is 2. The van der Waals surface area contributed by atoms with Crippen LogP contribution in [0.15, 0.2) is 89.8 Å². The van der Waals surface area contributed by atoms with E-state index in [1.165, 1.54) is 12.1 Å². The topological polar surface area (TPSA) is 75.3 Å². The van der Waals surface area contributed by atoms with Crippen LogP contribution in [0.25, 0.3) is 0 Å². The Morgan fingerprint density at radius 3 is 2.00 bits per heavy atom. The lowest BCUT2D eigenvalue weighted by Gasteiger charge is -2.20. The van der Waals surface area contributed by atoms with Crippen molar-refractivity contribution in [3.8, 4) is 0 Å². The Hall–Kier alpha value is -2.67. The van der Waals surface area contributed by atoms with Crippen LogP contribution in [0.3, 0.4) is 0 Å². The van der Waals surface area contributed by atoms with Gasteiger partial charge in [-0.25, -0.2) is 13.1 Å². The van der Waals surface area contributed by atoms with Crippen LogP contribution in [0.5, 0.6) is 0 Å². The molecule has 0 saturated heterocycles. The molecule has 3 aromatic carbocycles. The van der Waals surface area contributed by atoms with Crippen molar-refractivity contribution in [2.75, 3.05) is 6.54 Å². The van der Waals surface area contributed by atoms with Gasteiger partial charge in [0.1, 0.15) is 0 Å². The second-order valence-electron chi connectivity index (χ2n) is 6.43. The zero-order chi connectivity index (χ0) is 20.7. The number of benzene rings is 3. The Morgan fingerprint density at radius 2 is 1.45 bits per heavy atom. The number of sulfonamides is 1. The largest absolute Gasteiger partial charge is 0.345 e. The van der Waals surface area contributed by atoms with Crippen LogP contribution in [-0.4, -0.2) is 20.9 Å². The molecule has 3 rings (SSSR count). The standard InChI is InChI=1S/C22H21ClN2O3S/c23-19-12-7-13-20(16-19)29(27,28)24-15-14-21(26)25-22(17-8-3-1-4-9-17)18-10-5-2-6-11-18/h1-13,16,22,24H,14-15H2,(H,25,26). The summed E-state index contributed by atoms with van der Waals surface area (Å²) in [7, 11) is -3.73. The van der Waals surface area contributed by atoms with E-state index in [-0.39, 0.29) is 29.8 Å². The van der Waals surface area contributed by atoms with Gasteiger partial charge in [-0.05, 0) is 29.3 Å². The first-order valence-electron chi connectivity index (χ1n) is 9.10. The molecule has 3 aromatic rings. The Morgan fingerprint density at radius 1 is 0.862 bits per heavy atom. The molecule has 0 aromatic heterocycles. The van der Waals surface area contributed by atoms with Crippen molar-refractivity contribution in [2.45, 2.75) is 17.4 Å². The zero-order valence-electron chi connectivity index (χ0n) is 15.6. The van der Waals surface area contributed by atoms with Gasteiger partial charge in [-0.15, -0.1) is 0 Å². The van der Waals surface area contributed by atoms with Crippen molar-refractivity contribution in [3.63, 3.8) is 0 Å². The van der Waals surface area contributed by atoms with E-state index in [0.29, 0.717) is 5.02 Å². The first kappa shape index (κ1) is 21.0. The van der Waals surface area contributed by atoms with Gasteiger partial charge in [-0.3, -0.25) is 4.79 Å². The lowest BCUT2D eigenvalue weighted by Crippen LogP contribution is -2.33. The van der Waals surface area contributed by atoms with E-state index >= 15 is 0 Å². The molecule has 5 nitrogen and oxygen atoms in total. The lowest BCUT2D eigenvalue weighted by atomic mass is 9.98. The normalized spacial score (nSPS) is 11.4. The fourth-order valence-corrected chi connectivity index (χ4v) is 4.23. The molecule has 150 valence electrons. The first-order valence-corrected chi connectivity index (χ1v) is 11.0. The summed E-state index contributed by atoms with van der Waals surface area (Å²) in [6.07, 6.45) is 0.00988. The van der Waals surface area contributed by atoms with Crippen LogP contribution in [0, 0.1) is 0 Å². The van der Waals surface area contributed by atoms with Crippen LogP contribution in [0.1, 0.15) is 23.6 Å². The van der Waals surface area contributed by atoms with Crippen LogP contribution in [0.2, 0.25) is 5.02 Å². The highest BCUT2D eigenvalue weighted by atomic mass is 35.5. The molecule has 0 radical (unpaired) electrons. The van der Waals surface area contributed by atoms with E-state index in [2.05, 4.69) is 10.0 Å². The van der Waals surface area contributed by atoms with Gasteiger partial charge in [-0.1, -0.05) is 78.3 Å². The Balaban J connectivity index is 1.64. The summed E-state index contributed by atoms with van der Waals surface area (Å²) in [6, 6.07) is 24.9. The number of amides is 1. The minimum atomic E-state index is -3.73. The molecule has 0 unspecified atom stereocenters. The summed E-state index contributed by atoms with van der Waals surface area (Å²) in [5, 5.41) is 3.32. The molecule has 0 spiro atoms. The molecule has 7 heteroatoms. The second kappa shape index (κ2) is 9.69. The minimum absolute atomic E-state index is 0.00988. The van der Waals surface area contributed by atoms with Crippen LogP contribution >= 0.6 is 11.6 Å². The molecule has 1 amide bonds. The molecule has 0 atom stereocenters. The fourth-order valence-electron chi connectivity index (χ4n) is 2.90. The summed E-state index contributed by atoms with van der Waals surface area (Å²) >= 11 is 5.85. The van der Waals surface area contributed by atoms with Gasteiger partial charge in [0, 0.05) is 18.0 Å². The van der Waals surface area contributed by atoms with Gasteiger partial charge in [0.15, 0.2) is 0 Å². The summed E-state index contributed by atoms with van der Waals surface area (Å²) in [5.74, 6) is -0.253. The van der Waals surface area contributed by atoms with Crippen LogP contribution < -0.4 is 10.0 Å².